The second-order valence-corrected chi connectivity index (χ2v) is 34.0. The van der Waals surface area contributed by atoms with Crippen molar-refractivity contribution in [3.63, 3.8) is 0 Å². The Morgan fingerprint density at radius 1 is 0.167 bits per heavy atom. The van der Waals surface area contributed by atoms with Gasteiger partial charge in [-0.1, -0.05) is 249 Å². The summed E-state index contributed by atoms with van der Waals surface area (Å²) in [5.41, 5.74) is 33.7. The average Bonchev–Trinajstić information content (AvgIpc) is 1.58. The molecule has 0 unspecified atom stereocenters. The first-order valence-corrected chi connectivity index (χ1v) is 44.5. The zero-order valence-corrected chi connectivity index (χ0v) is 70.8. The number of fused-ring (bicyclic) bond motifs is 18. The molecule has 27 aromatic rings. The lowest BCUT2D eigenvalue weighted by Crippen LogP contribution is -2.04. The Labute approximate surface area is 755 Å². The first-order chi connectivity index (χ1) is 65.4. The fourth-order valence-electron chi connectivity index (χ4n) is 20.3. The summed E-state index contributed by atoms with van der Waals surface area (Å²) in [5, 5.41) is 10.9. The second kappa shape index (κ2) is 29.8. The third-order valence-corrected chi connectivity index (χ3v) is 26.4. The molecular formula is C119H72N12O. The molecule has 13 nitrogen and oxygen atoms in total. The van der Waals surface area contributed by atoms with E-state index in [0.29, 0.717) is 11.9 Å². The van der Waals surface area contributed by atoms with E-state index in [1.54, 1.807) is 0 Å². The molecule has 11 heterocycles. The van der Waals surface area contributed by atoms with Gasteiger partial charge >= 0.3 is 0 Å². The highest BCUT2D eigenvalue weighted by atomic mass is 16.3. The zero-order chi connectivity index (χ0) is 86.6. The molecule has 13 heteroatoms. The standard InChI is InChI=1S/C119H72N12O/c1-6-24-73(25-7-1)99-71-100(74-26-8-2-9-27-74)124-118(123-99)130-108-56-48-82(80-46-54-106-92(64-80)89-37-17-19-40-104(89)129(106)115-43-21-38-98(122-115)85-50-58-110-96(68-85)116-111(41-22-60-120-116)127(110)86-34-14-5-15-35-86)66-94(108)95-67-83(49-57-109(95)130)81-47-55-107-93(65-81)90-52-44-84(69-112(90)131(107)119-125-101(75-28-10-3-11-29-75)72-102(126-119)76-30-12-4-13-31-76)78-33-20-32-77(62-78)79-45-53-105-91(63-79)88-36-16-18-39-103(88)128(105)87-51-59-113-97(70-87)117-114(132-113)42-23-61-121-117/h1-72H. The normalized spacial score (nSPS) is 11.9. The molecule has 0 fully saturated rings. The highest BCUT2D eigenvalue weighted by Crippen LogP contribution is 2.46. The summed E-state index contributed by atoms with van der Waals surface area (Å²) in [4.78, 5) is 37.4. The van der Waals surface area contributed by atoms with Crippen molar-refractivity contribution >= 4 is 131 Å². The van der Waals surface area contributed by atoms with Crippen LogP contribution >= 0.6 is 0 Å². The minimum atomic E-state index is 0.565. The highest BCUT2D eigenvalue weighted by Gasteiger charge is 2.26. The van der Waals surface area contributed by atoms with Crippen molar-refractivity contribution in [2.45, 2.75) is 0 Å². The molecule has 0 aliphatic rings. The number of para-hydroxylation sites is 3. The van der Waals surface area contributed by atoms with Crippen LogP contribution in [0.4, 0.5) is 0 Å². The summed E-state index contributed by atoms with van der Waals surface area (Å²) in [5.74, 6) is 1.96. The number of aromatic nitrogens is 12. The largest absolute Gasteiger partial charge is 0.454 e. The minimum absolute atomic E-state index is 0.565. The van der Waals surface area contributed by atoms with Gasteiger partial charge in [-0.15, -0.1) is 0 Å². The van der Waals surface area contributed by atoms with E-state index in [-0.39, 0.29) is 0 Å². The van der Waals surface area contributed by atoms with Gasteiger partial charge in [-0.25, -0.2) is 24.9 Å². The summed E-state index contributed by atoms with van der Waals surface area (Å²) < 4.78 is 17.7. The number of hydrogen-bond donors (Lipinski definition) is 0. The molecular weight excluding hydrogens is 1610 g/mol. The van der Waals surface area contributed by atoms with Gasteiger partial charge in [0.2, 0.25) is 11.9 Å². The number of hydrogen-bond acceptors (Lipinski definition) is 8. The van der Waals surface area contributed by atoms with Crippen LogP contribution in [0.5, 0.6) is 0 Å². The Balaban J connectivity index is 0.608. The van der Waals surface area contributed by atoms with Gasteiger partial charge in [-0.05, 0) is 220 Å². The monoisotopic (exact) mass is 1680 g/mol. The van der Waals surface area contributed by atoms with Crippen LogP contribution in [-0.4, -0.2) is 57.7 Å². The zero-order valence-electron chi connectivity index (χ0n) is 70.8. The van der Waals surface area contributed by atoms with Crippen LogP contribution in [-0.2, 0) is 0 Å². The van der Waals surface area contributed by atoms with E-state index >= 15 is 0 Å². The van der Waals surface area contributed by atoms with Crippen molar-refractivity contribution in [1.29, 1.82) is 0 Å². The van der Waals surface area contributed by atoms with Gasteiger partial charge in [0, 0.05) is 105 Å². The molecule has 11 aromatic heterocycles. The van der Waals surface area contributed by atoms with Gasteiger partial charge in [0.05, 0.1) is 89.2 Å². The Hall–Kier alpha value is -18.1. The van der Waals surface area contributed by atoms with Gasteiger partial charge in [0.15, 0.2) is 5.58 Å². The van der Waals surface area contributed by atoms with Gasteiger partial charge in [-0.3, -0.25) is 23.7 Å². The van der Waals surface area contributed by atoms with Crippen LogP contribution in [0.15, 0.2) is 441 Å². The molecule has 0 aliphatic carbocycles. The maximum atomic E-state index is 6.25. The second-order valence-electron chi connectivity index (χ2n) is 34.0. The van der Waals surface area contributed by atoms with Gasteiger partial charge in [0.1, 0.15) is 16.9 Å². The van der Waals surface area contributed by atoms with Crippen molar-refractivity contribution in [3.8, 4) is 130 Å². The van der Waals surface area contributed by atoms with Crippen LogP contribution in [0.25, 0.3) is 261 Å². The molecule has 16 aromatic carbocycles. The van der Waals surface area contributed by atoms with E-state index in [1.165, 1.54) is 5.39 Å². The lowest BCUT2D eigenvalue weighted by atomic mass is 9.97. The van der Waals surface area contributed by atoms with Crippen LogP contribution < -0.4 is 0 Å². The molecule has 0 spiro atoms. The molecule has 0 amide bonds. The quantitative estimate of drug-likeness (QED) is 0.105. The van der Waals surface area contributed by atoms with Crippen LogP contribution in [0.3, 0.4) is 0 Å². The average molecular weight is 1690 g/mol. The van der Waals surface area contributed by atoms with Gasteiger partial charge in [-0.2, -0.15) is 0 Å². The number of furan rings is 1. The van der Waals surface area contributed by atoms with Crippen molar-refractivity contribution in [2.24, 2.45) is 0 Å². The Morgan fingerprint density at radius 2 is 0.538 bits per heavy atom. The third-order valence-electron chi connectivity index (χ3n) is 26.4. The molecule has 0 atom stereocenters. The van der Waals surface area contributed by atoms with E-state index < -0.39 is 0 Å². The fraction of sp³-hybridized carbons (Fsp3) is 0. The topological polar surface area (TPSA) is 128 Å². The molecule has 27 rings (SSSR count). The lowest BCUT2D eigenvalue weighted by Gasteiger charge is -2.13. The van der Waals surface area contributed by atoms with E-state index in [2.05, 4.69) is 405 Å². The number of pyridine rings is 3. The highest BCUT2D eigenvalue weighted by molar-refractivity contribution is 6.17. The maximum absolute atomic E-state index is 6.25. The van der Waals surface area contributed by atoms with E-state index in [1.807, 2.05) is 54.9 Å². The summed E-state index contributed by atoms with van der Waals surface area (Å²) >= 11 is 0. The van der Waals surface area contributed by atoms with Crippen LogP contribution in [0.2, 0.25) is 0 Å². The molecule has 0 saturated carbocycles. The molecule has 132 heavy (non-hydrogen) atoms. The molecule has 0 radical (unpaired) electrons. The molecule has 0 aliphatic heterocycles. The van der Waals surface area contributed by atoms with E-state index in [9.17, 15) is 0 Å². The van der Waals surface area contributed by atoms with Crippen molar-refractivity contribution in [1.82, 2.24) is 57.7 Å². The lowest BCUT2D eigenvalue weighted by molar-refractivity contribution is 0.668. The van der Waals surface area contributed by atoms with Gasteiger partial charge < -0.3 is 13.6 Å². The Bertz CT molecular complexity index is 9300. The van der Waals surface area contributed by atoms with Crippen molar-refractivity contribution in [2.75, 3.05) is 0 Å². The first-order valence-electron chi connectivity index (χ1n) is 44.5. The van der Waals surface area contributed by atoms with E-state index in [0.717, 1.165) is 244 Å². The Kier molecular flexibility index (Phi) is 16.7. The smallest absolute Gasteiger partial charge is 0.235 e. The Morgan fingerprint density at radius 3 is 1.08 bits per heavy atom. The summed E-state index contributed by atoms with van der Waals surface area (Å²) in [7, 11) is 0. The number of rotatable bonds is 14. The molecule has 614 valence electrons. The van der Waals surface area contributed by atoms with Crippen molar-refractivity contribution < 1.29 is 4.42 Å². The number of nitrogens with zero attached hydrogens (tertiary/aromatic N) is 12. The fourth-order valence-corrected chi connectivity index (χ4v) is 20.3. The summed E-state index contributed by atoms with van der Waals surface area (Å²) in [6.45, 7) is 0. The molecule has 0 bridgehead atoms. The molecule has 0 N–H and O–H groups in total. The predicted molar refractivity (Wildman–Crippen MR) is 539 cm³/mol. The predicted octanol–water partition coefficient (Wildman–Crippen LogP) is 29.8. The summed E-state index contributed by atoms with van der Waals surface area (Å²) in [6.07, 6.45) is 3.70. The SMILES string of the molecule is c1ccc(-c2cc(-c3ccccc3)nc(-n3c4ccc(-c5ccc6c(c5)c5ccccc5n6-c5cccc(-c6ccc7c(c6)c6ncccc6n7-c6ccccc6)n5)cc4c4cc(-c5ccc6c(c5)c5ccc(-c7cccc(-c8ccc9c(c8)c8ccccc8n9-c8ccc9oc%10cccnc%10c9c8)c7)cc5n6-c5nc(-c6ccccc6)cc(-c6ccccc6)n5)ccc43)n2)cc1. The van der Waals surface area contributed by atoms with Gasteiger partial charge in [0.25, 0.3) is 0 Å². The maximum Gasteiger partial charge on any atom is 0.235 e. The van der Waals surface area contributed by atoms with Crippen LogP contribution in [0, 0.1) is 0 Å². The number of benzene rings is 16. The first kappa shape index (κ1) is 74.2. The van der Waals surface area contributed by atoms with E-state index in [4.69, 9.17) is 39.3 Å². The summed E-state index contributed by atoms with van der Waals surface area (Å²) in [6, 6.07) is 152. The minimum Gasteiger partial charge on any atom is -0.454 e. The van der Waals surface area contributed by atoms with Crippen molar-refractivity contribution in [3.05, 3.63) is 437 Å². The third kappa shape index (κ3) is 12.1. The molecule has 0 saturated heterocycles. The van der Waals surface area contributed by atoms with Crippen LogP contribution in [0.1, 0.15) is 0 Å².